The van der Waals surface area contributed by atoms with Crippen molar-refractivity contribution in [1.29, 1.82) is 0 Å². The number of amides is 1. The van der Waals surface area contributed by atoms with Crippen LogP contribution in [0, 0.1) is 5.92 Å². The molecular weight excluding hydrogens is 456 g/mol. The third-order valence-electron chi connectivity index (χ3n) is 7.96. The molecule has 0 aliphatic carbocycles. The molecule has 0 radical (unpaired) electrons. The van der Waals surface area contributed by atoms with Crippen LogP contribution >= 0.6 is 0 Å². The summed E-state index contributed by atoms with van der Waals surface area (Å²) in [6.45, 7) is 11.0. The number of phenols is 1. The Kier molecular flexibility index (Phi) is 8.28. The second kappa shape index (κ2) is 11.2. The minimum absolute atomic E-state index is 0.0304. The fourth-order valence-electron chi connectivity index (χ4n) is 5.55. The first-order chi connectivity index (χ1) is 17.2. The van der Waals surface area contributed by atoms with Crippen LogP contribution in [-0.2, 0) is 14.3 Å². The Balaban J connectivity index is 1.70. The first-order valence-corrected chi connectivity index (χ1v) is 13.7. The molecule has 2 saturated heterocycles. The molecule has 0 bridgehead atoms. The summed E-state index contributed by atoms with van der Waals surface area (Å²) in [5.41, 5.74) is 0.439. The molecule has 0 aromatic heterocycles. The molecule has 2 fully saturated rings. The topological polar surface area (TPSA) is 79.3 Å². The highest BCUT2D eigenvalue weighted by atomic mass is 16.6. The van der Waals surface area contributed by atoms with Gasteiger partial charge in [-0.05, 0) is 83.7 Å². The van der Waals surface area contributed by atoms with Gasteiger partial charge in [0.25, 0.3) is 0 Å². The Labute approximate surface area is 215 Å². The number of rotatable bonds is 6. The van der Waals surface area contributed by atoms with Crippen LogP contribution in [0.1, 0.15) is 89.8 Å². The predicted molar refractivity (Wildman–Crippen MR) is 140 cm³/mol. The number of carbonyl (C=O) groups excluding carboxylic acids is 2. The van der Waals surface area contributed by atoms with Crippen molar-refractivity contribution in [3.8, 4) is 11.5 Å². The van der Waals surface area contributed by atoms with Gasteiger partial charge < -0.3 is 19.5 Å². The normalized spacial score (nSPS) is 25.2. The lowest BCUT2D eigenvalue weighted by Crippen LogP contribution is -2.56. The fourth-order valence-corrected chi connectivity index (χ4v) is 5.55. The second-order valence-electron chi connectivity index (χ2n) is 11.0. The molecule has 3 aliphatic rings. The van der Waals surface area contributed by atoms with Crippen LogP contribution in [0.25, 0.3) is 6.08 Å². The van der Waals surface area contributed by atoms with Gasteiger partial charge in [0.1, 0.15) is 17.1 Å². The zero-order valence-electron chi connectivity index (χ0n) is 22.3. The fraction of sp³-hybridized carbons (Fsp3) is 0.655. The molecule has 7 heteroatoms. The summed E-state index contributed by atoms with van der Waals surface area (Å²) in [7, 11) is 0. The van der Waals surface area contributed by atoms with Crippen molar-refractivity contribution in [2.24, 2.45) is 5.92 Å². The predicted octanol–water partition coefficient (Wildman–Crippen LogP) is 5.07. The Morgan fingerprint density at radius 3 is 2.39 bits per heavy atom. The minimum Gasteiger partial charge on any atom is -0.507 e. The average Bonchev–Trinajstić information content (AvgIpc) is 2.89. The number of aromatic hydroxyl groups is 1. The molecule has 0 saturated carbocycles. The first kappa shape index (κ1) is 26.5. The van der Waals surface area contributed by atoms with E-state index in [0.717, 1.165) is 58.3 Å². The summed E-state index contributed by atoms with van der Waals surface area (Å²) < 4.78 is 12.5. The molecule has 36 heavy (non-hydrogen) atoms. The van der Waals surface area contributed by atoms with Gasteiger partial charge in [0, 0.05) is 24.7 Å². The second-order valence-corrected chi connectivity index (χ2v) is 11.0. The van der Waals surface area contributed by atoms with Crippen LogP contribution in [0.5, 0.6) is 11.5 Å². The lowest BCUT2D eigenvalue weighted by atomic mass is 9.83. The van der Waals surface area contributed by atoms with Crippen molar-refractivity contribution < 1.29 is 24.2 Å². The maximum absolute atomic E-state index is 12.9. The number of hydrogen-bond acceptors (Lipinski definition) is 6. The number of carbonyl (C=O) groups is 2. The van der Waals surface area contributed by atoms with Crippen molar-refractivity contribution in [1.82, 2.24) is 9.80 Å². The van der Waals surface area contributed by atoms with Crippen molar-refractivity contribution in [2.45, 2.75) is 90.4 Å². The zero-order valence-corrected chi connectivity index (χ0v) is 22.3. The van der Waals surface area contributed by atoms with E-state index in [4.69, 9.17) is 9.47 Å². The van der Waals surface area contributed by atoms with Gasteiger partial charge in [0.05, 0.1) is 17.5 Å². The van der Waals surface area contributed by atoms with Crippen molar-refractivity contribution in [2.75, 3.05) is 26.2 Å². The number of esters is 1. The monoisotopic (exact) mass is 498 g/mol. The summed E-state index contributed by atoms with van der Waals surface area (Å²) in [4.78, 5) is 29.8. The van der Waals surface area contributed by atoms with E-state index in [1.54, 1.807) is 18.2 Å². The summed E-state index contributed by atoms with van der Waals surface area (Å²) in [5.74, 6) is 0.201. The van der Waals surface area contributed by atoms with E-state index in [1.807, 2.05) is 38.7 Å². The third-order valence-corrected chi connectivity index (χ3v) is 7.96. The number of ether oxygens (including phenoxy) is 2. The maximum Gasteiger partial charge on any atom is 0.309 e. The largest absolute Gasteiger partial charge is 0.507 e. The average molecular weight is 499 g/mol. The van der Waals surface area contributed by atoms with Crippen LogP contribution in [0.2, 0.25) is 0 Å². The molecule has 3 heterocycles. The van der Waals surface area contributed by atoms with Gasteiger partial charge in [-0.25, -0.2) is 0 Å². The summed E-state index contributed by atoms with van der Waals surface area (Å²) in [6, 6.07) is 3.33. The molecule has 1 aromatic carbocycles. The van der Waals surface area contributed by atoms with Crippen molar-refractivity contribution in [3.63, 3.8) is 0 Å². The van der Waals surface area contributed by atoms with Crippen LogP contribution in [0.3, 0.4) is 0 Å². The Morgan fingerprint density at radius 2 is 1.75 bits per heavy atom. The molecule has 198 valence electrons. The third kappa shape index (κ3) is 5.56. The molecular formula is C29H42N2O5. The smallest absolute Gasteiger partial charge is 0.309 e. The van der Waals surface area contributed by atoms with Crippen LogP contribution in [0.4, 0.5) is 0 Å². The number of nitrogens with zero attached hydrogens (tertiary/aromatic N) is 2. The maximum atomic E-state index is 12.9. The number of piperidine rings is 2. The van der Waals surface area contributed by atoms with E-state index >= 15 is 0 Å². The van der Waals surface area contributed by atoms with Gasteiger partial charge in [-0.3, -0.25) is 14.5 Å². The Morgan fingerprint density at radius 1 is 1.11 bits per heavy atom. The van der Waals surface area contributed by atoms with Gasteiger partial charge in [-0.15, -0.1) is 0 Å². The number of hydrogen-bond donors (Lipinski definition) is 1. The molecule has 3 unspecified atom stereocenters. The number of benzene rings is 1. The number of likely N-dealkylation sites (tertiary alicyclic amines) is 2. The molecule has 1 aromatic rings. The van der Waals surface area contributed by atoms with E-state index < -0.39 is 11.7 Å². The molecule has 3 atom stereocenters. The molecule has 1 N–H and O–H groups in total. The Bertz CT molecular complexity index is 976. The number of fused-ring (bicyclic) bond motifs is 1. The van der Waals surface area contributed by atoms with Crippen LogP contribution in [-0.4, -0.2) is 64.7 Å². The molecule has 3 aliphatic heterocycles. The molecule has 0 spiro atoms. The lowest BCUT2D eigenvalue weighted by molar-refractivity contribution is -0.176. The van der Waals surface area contributed by atoms with Gasteiger partial charge in [0.15, 0.2) is 6.10 Å². The van der Waals surface area contributed by atoms with Crippen molar-refractivity contribution in [3.05, 3.63) is 29.3 Å². The Hall–Kier alpha value is -2.54. The van der Waals surface area contributed by atoms with E-state index in [9.17, 15) is 14.7 Å². The quantitative estimate of drug-likeness (QED) is 0.436. The highest BCUT2D eigenvalue weighted by Crippen LogP contribution is 2.50. The lowest BCUT2D eigenvalue weighted by Gasteiger charge is -2.49. The zero-order chi connectivity index (χ0) is 25.9. The minimum atomic E-state index is -0.772. The molecule has 7 nitrogen and oxygen atoms in total. The van der Waals surface area contributed by atoms with Crippen LogP contribution in [0.15, 0.2) is 18.2 Å². The van der Waals surface area contributed by atoms with E-state index in [0.29, 0.717) is 23.3 Å². The van der Waals surface area contributed by atoms with Gasteiger partial charge in [-0.1, -0.05) is 20.3 Å². The van der Waals surface area contributed by atoms with Gasteiger partial charge in [-0.2, -0.15) is 0 Å². The highest BCUT2D eigenvalue weighted by Gasteiger charge is 2.50. The van der Waals surface area contributed by atoms with Gasteiger partial charge >= 0.3 is 5.97 Å². The van der Waals surface area contributed by atoms with Crippen molar-refractivity contribution >= 4 is 18.0 Å². The summed E-state index contributed by atoms with van der Waals surface area (Å²) in [6.07, 6.45) is 9.88. The standard InChI is InChI=1S/C29H42N2O5/c1-5-20(2)28(34)35-27-25(31-18-10-7-11-19-31)24-22(36-29(27,3)4)14-12-21(26(24)33)13-15-23(32)30-16-8-6-9-17-30/h12-15,20,25,27,33H,5-11,16-19H2,1-4H3. The SMILES string of the molecule is CCC(C)C(=O)OC1C(N2CCCCC2)c2c(ccc(C=CC(=O)N3CCCCC3)c2O)OC1(C)C. The number of phenolic OH excluding ortho intramolecular Hbond substituents is 1. The van der Waals surface area contributed by atoms with E-state index in [1.165, 1.54) is 6.42 Å². The van der Waals surface area contributed by atoms with Crippen LogP contribution < -0.4 is 4.74 Å². The summed E-state index contributed by atoms with van der Waals surface area (Å²) in [5, 5.41) is 11.5. The van der Waals surface area contributed by atoms with E-state index in [-0.39, 0.29) is 29.6 Å². The van der Waals surface area contributed by atoms with Gasteiger partial charge in [0.2, 0.25) is 5.91 Å². The first-order valence-electron chi connectivity index (χ1n) is 13.7. The van der Waals surface area contributed by atoms with E-state index in [2.05, 4.69) is 4.90 Å². The summed E-state index contributed by atoms with van der Waals surface area (Å²) >= 11 is 0. The highest BCUT2D eigenvalue weighted by molar-refractivity contribution is 5.92. The molecule has 1 amide bonds. The molecule has 4 rings (SSSR count).